The fraction of sp³-hybridized carbons (Fsp3) is 0. The van der Waals surface area contributed by atoms with Crippen molar-refractivity contribution >= 4 is 48.7 Å². The zero-order chi connectivity index (χ0) is 23.7. The normalized spacial score (nSPS) is 11.7. The molecule has 3 rings (SSSR count). The zero-order valence-corrected chi connectivity index (χ0v) is 18.1. The average molecular weight is 498 g/mol. The summed E-state index contributed by atoms with van der Waals surface area (Å²) >= 11 is 5.91. The number of sulfonamides is 2. The molecule has 0 radical (unpaired) electrons. The number of para-hydroxylation sites is 2. The Balaban J connectivity index is 2.40. The predicted molar refractivity (Wildman–Crippen MR) is 114 cm³/mol. The minimum atomic E-state index is -5.17. The monoisotopic (exact) mass is 497 g/mol. The molecule has 0 saturated heterocycles. The number of halogens is 1. The van der Waals surface area contributed by atoms with Crippen molar-refractivity contribution in [1.29, 1.82) is 0 Å². The number of nitro groups is 2. The molecular weight excluding hydrogens is 486 g/mol. The first-order valence-corrected chi connectivity index (χ1v) is 11.8. The Labute approximate surface area is 186 Å². The summed E-state index contributed by atoms with van der Waals surface area (Å²) in [5, 5.41) is 22.8. The summed E-state index contributed by atoms with van der Waals surface area (Å²) in [7, 11) is -10.3. The van der Waals surface area contributed by atoms with Gasteiger partial charge in [-0.3, -0.25) is 20.2 Å². The number of hydrogen-bond acceptors (Lipinski definition) is 8. The smallest absolute Gasteiger partial charge is 0.258 e. The van der Waals surface area contributed by atoms with Crippen molar-refractivity contribution in [2.75, 3.05) is 3.71 Å². The molecule has 0 aliphatic heterocycles. The zero-order valence-electron chi connectivity index (χ0n) is 15.7. The third-order valence-electron chi connectivity index (χ3n) is 4.14. The van der Waals surface area contributed by atoms with Crippen LogP contribution < -0.4 is 3.71 Å². The van der Waals surface area contributed by atoms with Gasteiger partial charge in [0.2, 0.25) is 0 Å². The molecule has 0 atom stereocenters. The molecule has 0 bridgehead atoms. The van der Waals surface area contributed by atoms with Gasteiger partial charge < -0.3 is 0 Å². The molecule has 14 heteroatoms. The highest BCUT2D eigenvalue weighted by atomic mass is 35.5. The number of rotatable bonds is 7. The van der Waals surface area contributed by atoms with E-state index in [1.807, 2.05) is 0 Å². The molecular formula is C18H12ClN3O8S2. The van der Waals surface area contributed by atoms with E-state index in [1.165, 1.54) is 36.4 Å². The largest absolute Gasteiger partial charge is 0.289 e. The molecule has 0 N–H and O–H groups in total. The molecule has 3 aromatic carbocycles. The van der Waals surface area contributed by atoms with E-state index >= 15 is 0 Å². The lowest BCUT2D eigenvalue weighted by molar-refractivity contribution is -0.388. The molecule has 0 aromatic heterocycles. The lowest BCUT2D eigenvalue weighted by atomic mass is 10.3. The van der Waals surface area contributed by atoms with Crippen molar-refractivity contribution in [3.8, 4) is 0 Å². The third kappa shape index (κ3) is 4.12. The Morgan fingerprint density at radius 2 is 1.12 bits per heavy atom. The highest BCUT2D eigenvalue weighted by Gasteiger charge is 2.42. The standard InChI is InChI=1S/C18H12ClN3O8S2/c19-13-6-5-7-14(12-13)22(31(27,28)17-10-3-1-8-15(17)20(23)24)32(29,30)18-11-4-2-9-16(18)21(25)26/h1-12H. The van der Waals surface area contributed by atoms with E-state index in [0.717, 1.165) is 36.4 Å². The maximum atomic E-state index is 13.5. The molecule has 3 aromatic rings. The lowest BCUT2D eigenvalue weighted by Gasteiger charge is -2.24. The Kier molecular flexibility index (Phi) is 6.16. The molecule has 0 saturated carbocycles. The highest BCUT2D eigenvalue weighted by Crippen LogP contribution is 2.37. The number of hydrogen-bond donors (Lipinski definition) is 0. The topological polar surface area (TPSA) is 158 Å². The maximum absolute atomic E-state index is 13.5. The van der Waals surface area contributed by atoms with Gasteiger partial charge in [-0.05, 0) is 30.3 Å². The van der Waals surface area contributed by atoms with E-state index in [4.69, 9.17) is 11.6 Å². The summed E-state index contributed by atoms with van der Waals surface area (Å²) in [5.41, 5.74) is -2.25. The van der Waals surface area contributed by atoms with Crippen LogP contribution in [-0.4, -0.2) is 26.7 Å². The van der Waals surface area contributed by atoms with Crippen LogP contribution in [0.5, 0.6) is 0 Å². The Bertz CT molecular complexity index is 1350. The molecule has 11 nitrogen and oxygen atoms in total. The lowest BCUT2D eigenvalue weighted by Crippen LogP contribution is -2.37. The number of benzene rings is 3. The quantitative estimate of drug-likeness (QED) is 0.352. The molecule has 0 unspecified atom stereocenters. The SMILES string of the molecule is O=[N+]([O-])c1ccccc1S(=O)(=O)N(c1cccc(Cl)c1)S(=O)(=O)c1ccccc1[N+](=O)[O-]. The first-order valence-electron chi connectivity index (χ1n) is 8.51. The van der Waals surface area contributed by atoms with Crippen molar-refractivity contribution in [2.45, 2.75) is 9.79 Å². The number of nitrogens with zero attached hydrogens (tertiary/aromatic N) is 3. The molecule has 0 spiro atoms. The summed E-state index contributed by atoms with van der Waals surface area (Å²) in [6.45, 7) is 0. The van der Waals surface area contributed by atoms with Gasteiger partial charge in [-0.1, -0.05) is 41.9 Å². The van der Waals surface area contributed by atoms with Gasteiger partial charge in [0.15, 0.2) is 9.79 Å². The van der Waals surface area contributed by atoms with Crippen LogP contribution in [0.3, 0.4) is 0 Å². The van der Waals surface area contributed by atoms with Gasteiger partial charge in [0, 0.05) is 17.2 Å². The van der Waals surface area contributed by atoms with E-state index in [0.29, 0.717) is 0 Å². The second kappa shape index (κ2) is 8.53. The second-order valence-electron chi connectivity index (χ2n) is 6.14. The van der Waals surface area contributed by atoms with Crippen LogP contribution in [0.1, 0.15) is 0 Å². The van der Waals surface area contributed by atoms with Gasteiger partial charge in [0.1, 0.15) is 0 Å². The minimum Gasteiger partial charge on any atom is -0.258 e. The van der Waals surface area contributed by atoms with E-state index in [9.17, 15) is 37.1 Å². The van der Waals surface area contributed by atoms with Gasteiger partial charge in [-0.2, -0.15) is 20.5 Å². The summed E-state index contributed by atoms with van der Waals surface area (Å²) in [6.07, 6.45) is 0. The summed E-state index contributed by atoms with van der Waals surface area (Å²) in [4.78, 5) is 19.0. The minimum absolute atomic E-state index is 0.0389. The maximum Gasteiger partial charge on any atom is 0.289 e. The summed E-state index contributed by atoms with van der Waals surface area (Å²) in [5.74, 6) is 0. The van der Waals surface area contributed by atoms with Crippen molar-refractivity contribution in [3.05, 3.63) is 98.0 Å². The highest BCUT2D eigenvalue weighted by molar-refractivity contribution is 8.10. The first kappa shape index (κ1) is 23.1. The van der Waals surface area contributed by atoms with Crippen LogP contribution in [0.15, 0.2) is 82.6 Å². The van der Waals surface area contributed by atoms with Gasteiger partial charge in [-0.15, -0.1) is 0 Å². The molecule has 0 amide bonds. The average Bonchev–Trinajstić information content (AvgIpc) is 2.73. The fourth-order valence-corrected chi connectivity index (χ4v) is 6.98. The van der Waals surface area contributed by atoms with E-state index in [2.05, 4.69) is 0 Å². The van der Waals surface area contributed by atoms with Crippen molar-refractivity contribution in [3.63, 3.8) is 0 Å². The van der Waals surface area contributed by atoms with Crippen LogP contribution in [0.25, 0.3) is 0 Å². The van der Waals surface area contributed by atoms with Gasteiger partial charge >= 0.3 is 0 Å². The molecule has 32 heavy (non-hydrogen) atoms. The van der Waals surface area contributed by atoms with E-state index in [1.54, 1.807) is 0 Å². The van der Waals surface area contributed by atoms with Crippen molar-refractivity contribution in [2.24, 2.45) is 0 Å². The predicted octanol–water partition coefficient (Wildman–Crippen LogP) is 3.74. The van der Waals surface area contributed by atoms with Crippen LogP contribution in [0, 0.1) is 20.2 Å². The Hall–Kier alpha value is -3.55. The van der Waals surface area contributed by atoms with Crippen LogP contribution >= 0.6 is 11.6 Å². The third-order valence-corrected chi connectivity index (χ3v) is 8.64. The van der Waals surface area contributed by atoms with Crippen molar-refractivity contribution in [1.82, 2.24) is 0 Å². The molecule has 0 heterocycles. The summed E-state index contributed by atoms with van der Waals surface area (Å²) in [6, 6.07) is 13.0. The number of nitro benzene ring substituents is 2. The van der Waals surface area contributed by atoms with E-state index < -0.39 is 56.7 Å². The van der Waals surface area contributed by atoms with Gasteiger partial charge in [-0.25, -0.2) is 0 Å². The van der Waals surface area contributed by atoms with E-state index in [-0.39, 0.29) is 8.73 Å². The summed E-state index contributed by atoms with van der Waals surface area (Å²) < 4.78 is 53.9. The molecule has 0 fully saturated rings. The van der Waals surface area contributed by atoms with Crippen LogP contribution in [-0.2, 0) is 20.0 Å². The number of anilines is 1. The molecule has 0 aliphatic carbocycles. The molecule has 0 aliphatic rings. The molecule has 166 valence electrons. The van der Waals surface area contributed by atoms with Crippen LogP contribution in [0.4, 0.5) is 17.1 Å². The van der Waals surface area contributed by atoms with Crippen molar-refractivity contribution < 1.29 is 26.7 Å². The second-order valence-corrected chi connectivity index (χ2v) is 10.3. The van der Waals surface area contributed by atoms with Gasteiger partial charge in [0.05, 0.1) is 15.5 Å². The Morgan fingerprint density at radius 3 is 1.53 bits per heavy atom. The van der Waals surface area contributed by atoms with Crippen LogP contribution in [0.2, 0.25) is 5.02 Å². The fourth-order valence-electron chi connectivity index (χ4n) is 2.83. The Morgan fingerprint density at radius 1 is 0.688 bits per heavy atom. The van der Waals surface area contributed by atoms with Gasteiger partial charge in [0.25, 0.3) is 31.4 Å². The first-order chi connectivity index (χ1) is 15.0.